The molecule has 3 aromatic rings. The normalized spacial score (nSPS) is 16.0. The first-order valence-electron chi connectivity index (χ1n) is 8.97. The second-order valence-corrected chi connectivity index (χ2v) is 8.99. The fourth-order valence-corrected chi connectivity index (χ4v) is 4.12. The standard InChI is InChI=1S/C20H22N2O3S/c1-26(23,24)17-10-7-14(8-11-17)15-9-12-19-18(13-15)22-20(25-19)21-16-5-3-2-4-6-16/h7-13,16H,2-6H2,1H3,(H,21,22). The maximum atomic E-state index is 11.6. The van der Waals surface area contributed by atoms with Crippen LogP contribution < -0.4 is 5.32 Å². The summed E-state index contributed by atoms with van der Waals surface area (Å²) < 4.78 is 29.0. The molecule has 1 aliphatic rings. The molecule has 2 aromatic carbocycles. The van der Waals surface area contributed by atoms with Crippen molar-refractivity contribution in [3.8, 4) is 11.1 Å². The lowest BCUT2D eigenvalue weighted by atomic mass is 9.96. The Balaban J connectivity index is 1.59. The minimum Gasteiger partial charge on any atom is -0.424 e. The van der Waals surface area contributed by atoms with E-state index in [9.17, 15) is 8.42 Å². The van der Waals surface area contributed by atoms with Gasteiger partial charge in [-0.2, -0.15) is 4.98 Å². The van der Waals surface area contributed by atoms with Gasteiger partial charge in [-0.1, -0.05) is 37.5 Å². The van der Waals surface area contributed by atoms with E-state index in [4.69, 9.17) is 4.42 Å². The van der Waals surface area contributed by atoms with Crippen molar-refractivity contribution in [3.05, 3.63) is 42.5 Å². The predicted octanol–water partition coefficient (Wildman–Crippen LogP) is 4.64. The number of nitrogens with one attached hydrogen (secondary N) is 1. The largest absolute Gasteiger partial charge is 0.424 e. The third-order valence-corrected chi connectivity index (χ3v) is 6.06. The number of sulfone groups is 1. The maximum absolute atomic E-state index is 11.6. The van der Waals surface area contributed by atoms with E-state index in [1.807, 2.05) is 30.3 Å². The monoisotopic (exact) mass is 370 g/mol. The van der Waals surface area contributed by atoms with Crippen LogP contribution in [0.2, 0.25) is 0 Å². The number of hydrogen-bond acceptors (Lipinski definition) is 5. The zero-order valence-corrected chi connectivity index (χ0v) is 15.6. The molecule has 1 N–H and O–H groups in total. The highest BCUT2D eigenvalue weighted by molar-refractivity contribution is 7.90. The summed E-state index contributed by atoms with van der Waals surface area (Å²) in [5.41, 5.74) is 3.48. The fraction of sp³-hybridized carbons (Fsp3) is 0.350. The number of benzene rings is 2. The van der Waals surface area contributed by atoms with Crippen molar-refractivity contribution >= 4 is 27.0 Å². The molecule has 136 valence electrons. The number of rotatable bonds is 4. The van der Waals surface area contributed by atoms with Gasteiger partial charge in [0.25, 0.3) is 6.01 Å². The van der Waals surface area contributed by atoms with Crippen LogP contribution in [-0.4, -0.2) is 25.7 Å². The first-order valence-corrected chi connectivity index (χ1v) is 10.9. The molecule has 1 aromatic heterocycles. The Morgan fingerprint density at radius 3 is 2.38 bits per heavy atom. The van der Waals surface area contributed by atoms with Crippen molar-refractivity contribution in [2.45, 2.75) is 43.0 Å². The molecule has 0 atom stereocenters. The zero-order chi connectivity index (χ0) is 18.1. The quantitative estimate of drug-likeness (QED) is 0.724. The lowest BCUT2D eigenvalue weighted by Gasteiger charge is -2.21. The number of anilines is 1. The van der Waals surface area contributed by atoms with Crippen molar-refractivity contribution in [2.75, 3.05) is 11.6 Å². The highest BCUT2D eigenvalue weighted by Crippen LogP contribution is 2.28. The van der Waals surface area contributed by atoms with Crippen LogP contribution in [0.1, 0.15) is 32.1 Å². The summed E-state index contributed by atoms with van der Waals surface area (Å²) in [6.07, 6.45) is 7.36. The summed E-state index contributed by atoms with van der Waals surface area (Å²) in [4.78, 5) is 4.90. The second-order valence-electron chi connectivity index (χ2n) is 6.98. The molecule has 1 aliphatic carbocycles. The molecule has 1 fully saturated rings. The van der Waals surface area contributed by atoms with Gasteiger partial charge in [0, 0.05) is 12.3 Å². The average molecular weight is 370 g/mol. The number of fused-ring (bicyclic) bond motifs is 1. The van der Waals surface area contributed by atoms with Crippen molar-refractivity contribution < 1.29 is 12.8 Å². The Morgan fingerprint density at radius 1 is 1.00 bits per heavy atom. The molecule has 5 nitrogen and oxygen atoms in total. The van der Waals surface area contributed by atoms with Gasteiger partial charge >= 0.3 is 0 Å². The van der Waals surface area contributed by atoms with Gasteiger partial charge in [0.05, 0.1) is 4.90 Å². The van der Waals surface area contributed by atoms with Crippen LogP contribution in [0.15, 0.2) is 51.8 Å². The molecule has 0 unspecified atom stereocenters. The molecule has 0 spiro atoms. The topological polar surface area (TPSA) is 72.2 Å². The van der Waals surface area contributed by atoms with E-state index in [0.29, 0.717) is 17.0 Å². The highest BCUT2D eigenvalue weighted by Gasteiger charge is 2.16. The predicted molar refractivity (Wildman–Crippen MR) is 103 cm³/mol. The van der Waals surface area contributed by atoms with Crippen molar-refractivity contribution in [1.29, 1.82) is 0 Å². The number of nitrogens with zero attached hydrogens (tertiary/aromatic N) is 1. The first-order chi connectivity index (χ1) is 12.5. The van der Waals surface area contributed by atoms with Crippen LogP contribution in [0.3, 0.4) is 0 Å². The molecule has 0 amide bonds. The molecule has 0 aliphatic heterocycles. The Morgan fingerprint density at radius 2 is 1.69 bits per heavy atom. The van der Waals surface area contributed by atoms with E-state index in [0.717, 1.165) is 35.1 Å². The zero-order valence-electron chi connectivity index (χ0n) is 14.7. The third kappa shape index (κ3) is 3.60. The Labute approximate surface area is 153 Å². The van der Waals surface area contributed by atoms with Crippen molar-refractivity contribution in [2.24, 2.45) is 0 Å². The molecular weight excluding hydrogens is 348 g/mol. The van der Waals surface area contributed by atoms with Crippen LogP contribution in [-0.2, 0) is 9.84 Å². The molecule has 0 saturated heterocycles. The van der Waals surface area contributed by atoms with Crippen LogP contribution >= 0.6 is 0 Å². The number of hydrogen-bond donors (Lipinski definition) is 1. The average Bonchev–Trinajstić information content (AvgIpc) is 3.03. The SMILES string of the molecule is CS(=O)(=O)c1ccc(-c2ccc3oc(NC4CCCCC4)nc3c2)cc1. The fourth-order valence-electron chi connectivity index (χ4n) is 3.48. The number of aromatic nitrogens is 1. The molecule has 26 heavy (non-hydrogen) atoms. The summed E-state index contributed by atoms with van der Waals surface area (Å²) in [7, 11) is -3.18. The summed E-state index contributed by atoms with van der Waals surface area (Å²) in [6.45, 7) is 0. The summed E-state index contributed by atoms with van der Waals surface area (Å²) in [5, 5.41) is 3.41. The van der Waals surface area contributed by atoms with Crippen molar-refractivity contribution in [1.82, 2.24) is 4.98 Å². The van der Waals surface area contributed by atoms with Crippen LogP contribution in [0.25, 0.3) is 22.2 Å². The Bertz CT molecular complexity index is 1020. The summed E-state index contributed by atoms with van der Waals surface area (Å²) in [6, 6.07) is 13.8. The molecule has 0 radical (unpaired) electrons. The van der Waals surface area contributed by atoms with Gasteiger partial charge in [-0.05, 0) is 48.2 Å². The summed E-state index contributed by atoms with van der Waals surface area (Å²) in [5.74, 6) is 0. The Hall–Kier alpha value is -2.34. The molecule has 4 rings (SSSR count). The molecular formula is C20H22N2O3S. The van der Waals surface area contributed by atoms with E-state index in [2.05, 4.69) is 10.3 Å². The van der Waals surface area contributed by atoms with Gasteiger partial charge in [0.1, 0.15) is 5.52 Å². The van der Waals surface area contributed by atoms with Gasteiger partial charge in [-0.25, -0.2) is 8.42 Å². The van der Waals surface area contributed by atoms with Gasteiger partial charge in [-0.3, -0.25) is 0 Å². The minimum atomic E-state index is -3.18. The first kappa shape index (κ1) is 17.1. The third-order valence-electron chi connectivity index (χ3n) is 4.94. The van der Waals surface area contributed by atoms with Crippen LogP contribution in [0.5, 0.6) is 0 Å². The van der Waals surface area contributed by atoms with E-state index in [1.165, 1.54) is 25.5 Å². The molecule has 6 heteroatoms. The summed E-state index contributed by atoms with van der Waals surface area (Å²) >= 11 is 0. The second kappa shape index (κ2) is 6.76. The van der Waals surface area contributed by atoms with E-state index in [1.54, 1.807) is 12.1 Å². The smallest absolute Gasteiger partial charge is 0.295 e. The van der Waals surface area contributed by atoms with E-state index in [-0.39, 0.29) is 0 Å². The van der Waals surface area contributed by atoms with Crippen LogP contribution in [0, 0.1) is 0 Å². The van der Waals surface area contributed by atoms with E-state index < -0.39 is 9.84 Å². The molecule has 1 saturated carbocycles. The maximum Gasteiger partial charge on any atom is 0.295 e. The highest BCUT2D eigenvalue weighted by atomic mass is 32.2. The molecule has 0 bridgehead atoms. The van der Waals surface area contributed by atoms with Gasteiger partial charge in [0.2, 0.25) is 0 Å². The minimum absolute atomic E-state index is 0.322. The Kier molecular flexibility index (Phi) is 4.44. The van der Waals surface area contributed by atoms with Gasteiger partial charge in [0.15, 0.2) is 15.4 Å². The van der Waals surface area contributed by atoms with Gasteiger partial charge in [-0.15, -0.1) is 0 Å². The molecule has 1 heterocycles. The lowest BCUT2D eigenvalue weighted by molar-refractivity contribution is 0.451. The van der Waals surface area contributed by atoms with Gasteiger partial charge < -0.3 is 9.73 Å². The van der Waals surface area contributed by atoms with Crippen LogP contribution in [0.4, 0.5) is 6.01 Å². The lowest BCUT2D eigenvalue weighted by Crippen LogP contribution is -2.22. The number of oxazole rings is 1. The van der Waals surface area contributed by atoms with Crippen molar-refractivity contribution in [3.63, 3.8) is 0 Å². The van der Waals surface area contributed by atoms with E-state index >= 15 is 0 Å².